The highest BCUT2D eigenvalue weighted by Gasteiger charge is 2.35. The van der Waals surface area contributed by atoms with Gasteiger partial charge in [-0.05, 0) is 59.7 Å². The van der Waals surface area contributed by atoms with Crippen molar-refractivity contribution in [2.45, 2.75) is 43.8 Å². The first-order valence-corrected chi connectivity index (χ1v) is 18.2. The van der Waals surface area contributed by atoms with E-state index in [1.54, 1.807) is 0 Å². The van der Waals surface area contributed by atoms with Crippen molar-refractivity contribution >= 4 is 23.2 Å². The highest BCUT2D eigenvalue weighted by Crippen LogP contribution is 2.36. The number of alkyl halides is 6. The summed E-state index contributed by atoms with van der Waals surface area (Å²) >= 11 is 0. The van der Waals surface area contributed by atoms with Gasteiger partial charge in [-0.25, -0.2) is 17.6 Å². The molecule has 332 valence electrons. The summed E-state index contributed by atoms with van der Waals surface area (Å²) < 4.78 is 144. The Balaban J connectivity index is 0.000000213. The van der Waals surface area contributed by atoms with Crippen molar-refractivity contribution in [3.8, 4) is 17.2 Å². The number of hydrogen-bond donors (Lipinski definition) is 2. The van der Waals surface area contributed by atoms with Crippen LogP contribution in [0.3, 0.4) is 0 Å². The monoisotopic (exact) mass is 903 g/mol. The molecule has 0 saturated heterocycles. The van der Waals surface area contributed by atoms with Crippen LogP contribution in [0.1, 0.15) is 73.7 Å². The maximum atomic E-state index is 14.5. The third-order valence-corrected chi connectivity index (χ3v) is 9.21. The number of H-pyrrole nitrogens is 1. The number of ether oxygens (including phenoxy) is 3. The number of esters is 1. The molecule has 1 aliphatic rings. The standard InChI is InChI=1S/C22H13F5N2O4.C20H14F5N3O3/c23-14-2-1-5-28-21(14)13(11-3-4-18(15(24)6-11)33-22(25,26)27)8-17(30)16-9-19-12(10-29-16)7-20(31)32-19;21-12-2-1-5-27-19(12)11(7-17(30)15-8-16(29)14(26)9-28-15)10-3-4-18(13(22)6-10)31-20(23,24)25/h1-6,9-10,13H,7-8H2;1-6,8-9,11H,7,26H2,(H,28,29)/t13-;11-/m00/s1. The molecule has 0 saturated carbocycles. The summed E-state index contributed by atoms with van der Waals surface area (Å²) in [6.07, 6.45) is -6.15. The zero-order valence-corrected chi connectivity index (χ0v) is 32.1. The van der Waals surface area contributed by atoms with Crippen molar-refractivity contribution in [1.29, 1.82) is 0 Å². The molecule has 12 nitrogen and oxygen atoms in total. The van der Waals surface area contributed by atoms with E-state index >= 15 is 0 Å². The van der Waals surface area contributed by atoms with E-state index < -0.39 is 95.1 Å². The average Bonchev–Trinajstić information content (AvgIpc) is 3.61. The number of nitrogen functional groups attached to an aromatic ring is 1. The lowest BCUT2D eigenvalue weighted by atomic mass is 9.89. The SMILES string of the molecule is Nc1c[nH]c(C(=O)C[C@@H](c2ccc(OC(F)(F)F)c(F)c2)c2ncccc2F)cc1=O.O=C1Cc2cnc(C(=O)C[C@@H](c3ccc(OC(F)(F)F)c(F)c3)c3ncccc3F)cc2O1. The summed E-state index contributed by atoms with van der Waals surface area (Å²) in [5.74, 6) is -10.3. The number of aromatic amines is 1. The van der Waals surface area contributed by atoms with E-state index in [1.807, 2.05) is 0 Å². The Hall–Kier alpha value is -7.65. The molecule has 6 aromatic rings. The number of carbonyl (C=O) groups excluding carboxylic acids is 3. The topological polar surface area (TPSA) is 176 Å². The fraction of sp³-hybridized carbons (Fsp3) is 0.167. The molecule has 1 aliphatic heterocycles. The molecule has 0 spiro atoms. The van der Waals surface area contributed by atoms with Crippen LogP contribution >= 0.6 is 0 Å². The number of fused-ring (bicyclic) bond motifs is 1. The van der Waals surface area contributed by atoms with Crippen LogP contribution < -0.4 is 25.4 Å². The molecule has 0 bridgehead atoms. The maximum Gasteiger partial charge on any atom is 0.573 e. The number of Topliss-reactive ketones (excluding diaryl/α,β-unsaturated/α-hetero) is 2. The van der Waals surface area contributed by atoms with E-state index in [-0.39, 0.29) is 51.8 Å². The van der Waals surface area contributed by atoms with Crippen LogP contribution in [0.5, 0.6) is 17.2 Å². The van der Waals surface area contributed by atoms with Gasteiger partial charge >= 0.3 is 18.7 Å². The molecule has 4 aromatic heterocycles. The molecule has 2 aromatic carbocycles. The van der Waals surface area contributed by atoms with Gasteiger partial charge in [-0.15, -0.1) is 26.3 Å². The molecule has 2 atom stereocenters. The number of hydrogen-bond acceptors (Lipinski definition) is 11. The molecule has 5 heterocycles. The maximum absolute atomic E-state index is 14.5. The van der Waals surface area contributed by atoms with Gasteiger partial charge in [0.1, 0.15) is 23.1 Å². The van der Waals surface area contributed by atoms with Crippen molar-refractivity contribution in [1.82, 2.24) is 19.9 Å². The second-order valence-corrected chi connectivity index (χ2v) is 13.6. The summed E-state index contributed by atoms with van der Waals surface area (Å²) in [6.45, 7) is 0. The third kappa shape index (κ3) is 11.4. The van der Waals surface area contributed by atoms with Gasteiger partial charge in [0.25, 0.3) is 0 Å². The Bertz CT molecular complexity index is 2800. The van der Waals surface area contributed by atoms with E-state index in [4.69, 9.17) is 10.5 Å². The van der Waals surface area contributed by atoms with Gasteiger partial charge in [-0.1, -0.05) is 12.1 Å². The molecular weight excluding hydrogens is 876 g/mol. The first-order valence-electron chi connectivity index (χ1n) is 18.2. The highest BCUT2D eigenvalue weighted by atomic mass is 19.4. The second-order valence-electron chi connectivity index (χ2n) is 13.6. The Morgan fingerprint density at radius 2 is 1.22 bits per heavy atom. The van der Waals surface area contributed by atoms with Crippen LogP contribution in [0, 0.1) is 23.3 Å². The van der Waals surface area contributed by atoms with Gasteiger partial charge in [0, 0.05) is 67.2 Å². The number of nitrogens with one attached hydrogen (secondary N) is 1. The van der Waals surface area contributed by atoms with Crippen molar-refractivity contribution in [2.24, 2.45) is 0 Å². The number of pyridine rings is 4. The zero-order chi connectivity index (χ0) is 46.5. The van der Waals surface area contributed by atoms with Gasteiger partial charge in [-0.3, -0.25) is 34.1 Å². The third-order valence-electron chi connectivity index (χ3n) is 9.21. The van der Waals surface area contributed by atoms with Crippen molar-refractivity contribution in [3.63, 3.8) is 0 Å². The van der Waals surface area contributed by atoms with E-state index in [0.29, 0.717) is 11.6 Å². The predicted molar refractivity (Wildman–Crippen MR) is 201 cm³/mol. The summed E-state index contributed by atoms with van der Waals surface area (Å²) in [5, 5.41) is 0. The van der Waals surface area contributed by atoms with Crippen LogP contribution in [0.15, 0.2) is 102 Å². The van der Waals surface area contributed by atoms with Crippen LogP contribution in [0.2, 0.25) is 0 Å². The summed E-state index contributed by atoms with van der Waals surface area (Å²) in [5.41, 5.74) is 4.54. The number of ketones is 2. The molecule has 0 amide bonds. The van der Waals surface area contributed by atoms with Gasteiger partial charge < -0.3 is 24.9 Å². The van der Waals surface area contributed by atoms with E-state index in [9.17, 15) is 63.1 Å². The van der Waals surface area contributed by atoms with Crippen molar-refractivity contribution in [2.75, 3.05) is 5.73 Å². The highest BCUT2D eigenvalue weighted by molar-refractivity contribution is 5.96. The molecule has 0 unspecified atom stereocenters. The van der Waals surface area contributed by atoms with Crippen molar-refractivity contribution < 1.29 is 72.5 Å². The molecule has 22 heteroatoms. The van der Waals surface area contributed by atoms with Crippen molar-refractivity contribution in [3.05, 3.63) is 171 Å². The van der Waals surface area contributed by atoms with Gasteiger partial charge in [0.15, 0.2) is 34.7 Å². The Morgan fingerprint density at radius 3 is 1.69 bits per heavy atom. The summed E-state index contributed by atoms with van der Waals surface area (Å²) in [4.78, 5) is 63.1. The van der Waals surface area contributed by atoms with Crippen LogP contribution in [-0.2, 0) is 11.2 Å². The molecule has 0 radical (unpaired) electrons. The largest absolute Gasteiger partial charge is 0.573 e. The van der Waals surface area contributed by atoms with Crippen LogP contribution in [0.4, 0.5) is 49.6 Å². The fourth-order valence-corrected chi connectivity index (χ4v) is 6.32. The molecule has 0 aliphatic carbocycles. The van der Waals surface area contributed by atoms with Crippen LogP contribution in [0.25, 0.3) is 0 Å². The minimum atomic E-state index is -5.11. The second kappa shape index (κ2) is 18.8. The Labute approximate surface area is 352 Å². The number of aromatic nitrogens is 4. The number of nitrogens with zero attached hydrogens (tertiary/aromatic N) is 3. The lowest BCUT2D eigenvalue weighted by Crippen LogP contribution is -2.18. The molecule has 64 heavy (non-hydrogen) atoms. The van der Waals surface area contributed by atoms with Gasteiger partial charge in [0.05, 0.1) is 29.2 Å². The summed E-state index contributed by atoms with van der Waals surface area (Å²) in [7, 11) is 0. The smallest absolute Gasteiger partial charge is 0.426 e. The molecule has 7 rings (SSSR count). The number of halogens is 10. The van der Waals surface area contributed by atoms with Gasteiger partial charge in [0.2, 0.25) is 5.43 Å². The van der Waals surface area contributed by atoms with E-state index in [2.05, 4.69) is 29.4 Å². The molecule has 0 fully saturated rings. The number of benzene rings is 2. The predicted octanol–water partition coefficient (Wildman–Crippen LogP) is 8.45. The number of anilines is 1. The number of carbonyl (C=O) groups is 3. The molecular formula is C42H27F10N5O7. The minimum absolute atomic E-state index is 0.000521. The first kappa shape index (κ1) is 45.9. The lowest BCUT2D eigenvalue weighted by molar-refractivity contribution is -0.276. The number of nitrogens with two attached hydrogens (primary N) is 1. The lowest BCUT2D eigenvalue weighted by Gasteiger charge is -2.18. The Kier molecular flexibility index (Phi) is 13.4. The summed E-state index contributed by atoms with van der Waals surface area (Å²) in [6, 6.07) is 12.1. The Morgan fingerprint density at radius 1 is 0.703 bits per heavy atom. The average molecular weight is 904 g/mol. The number of rotatable bonds is 12. The van der Waals surface area contributed by atoms with Crippen LogP contribution in [-0.4, -0.2) is 50.2 Å². The quantitative estimate of drug-likeness (QED) is 0.0685. The molecule has 3 N–H and O–H groups in total. The van der Waals surface area contributed by atoms with E-state index in [0.717, 1.165) is 54.7 Å². The zero-order valence-electron chi connectivity index (χ0n) is 32.1. The van der Waals surface area contributed by atoms with Gasteiger partial charge in [-0.2, -0.15) is 0 Å². The van der Waals surface area contributed by atoms with E-state index in [1.165, 1.54) is 36.8 Å². The first-order chi connectivity index (χ1) is 30.2. The minimum Gasteiger partial charge on any atom is -0.426 e. The fourth-order valence-electron chi connectivity index (χ4n) is 6.32. The normalized spacial score (nSPS) is 13.2.